The van der Waals surface area contributed by atoms with Gasteiger partial charge in [-0.2, -0.15) is 0 Å². The second-order valence-electron chi connectivity index (χ2n) is 6.05. The Hall–Kier alpha value is -1.20. The molecule has 1 aromatic heterocycles. The smallest absolute Gasteiger partial charge is 0.139 e. The predicted octanol–water partition coefficient (Wildman–Crippen LogP) is 1.57. The largest absolute Gasteiger partial charge is 0.389 e. The zero-order valence-electron chi connectivity index (χ0n) is 11.5. The molecule has 2 atom stereocenters. The Morgan fingerprint density at radius 1 is 1.30 bits per heavy atom. The van der Waals surface area contributed by atoms with Crippen LogP contribution in [0.1, 0.15) is 36.1 Å². The van der Waals surface area contributed by atoms with Crippen molar-refractivity contribution in [1.29, 1.82) is 0 Å². The highest BCUT2D eigenvalue weighted by atomic mass is 32.1. The van der Waals surface area contributed by atoms with Gasteiger partial charge in [0.15, 0.2) is 0 Å². The first kappa shape index (κ1) is 12.5. The van der Waals surface area contributed by atoms with Gasteiger partial charge in [0.25, 0.3) is 0 Å². The molecule has 2 saturated heterocycles. The number of aryl methyl sites for hydroxylation is 2. The zero-order chi connectivity index (χ0) is 13.7. The van der Waals surface area contributed by atoms with E-state index in [1.54, 1.807) is 0 Å². The van der Waals surface area contributed by atoms with Gasteiger partial charge in [0.2, 0.25) is 0 Å². The van der Waals surface area contributed by atoms with Crippen LogP contribution in [0.4, 0.5) is 5.82 Å². The first-order chi connectivity index (χ1) is 9.70. The van der Waals surface area contributed by atoms with Crippen molar-refractivity contribution in [2.75, 3.05) is 18.0 Å². The summed E-state index contributed by atoms with van der Waals surface area (Å²) in [4.78, 5) is 7.69. The van der Waals surface area contributed by atoms with E-state index in [2.05, 4.69) is 11.0 Å². The van der Waals surface area contributed by atoms with Crippen molar-refractivity contribution in [2.45, 2.75) is 44.3 Å². The number of hydrogen-bond donors (Lipinski definition) is 1. The molecule has 2 unspecified atom stereocenters. The van der Waals surface area contributed by atoms with Crippen LogP contribution in [0, 0.1) is 0 Å². The van der Waals surface area contributed by atoms with Crippen molar-refractivity contribution in [3.8, 4) is 0 Å². The highest BCUT2D eigenvalue weighted by Gasteiger charge is 2.35. The SMILES string of the molecule is NC(=S)c1cc2c(nc1N1CC3CCC(C1)O3)CCC2. The molecule has 1 aliphatic carbocycles. The van der Waals surface area contributed by atoms with E-state index < -0.39 is 0 Å². The molecule has 20 heavy (non-hydrogen) atoms. The molecule has 4 rings (SSSR count). The second kappa shape index (κ2) is 4.67. The van der Waals surface area contributed by atoms with Gasteiger partial charge in [0, 0.05) is 18.8 Å². The number of fused-ring (bicyclic) bond motifs is 3. The number of nitrogens with zero attached hydrogens (tertiary/aromatic N) is 2. The quantitative estimate of drug-likeness (QED) is 0.838. The lowest BCUT2D eigenvalue weighted by Crippen LogP contribution is -2.44. The van der Waals surface area contributed by atoms with Crippen molar-refractivity contribution in [1.82, 2.24) is 4.98 Å². The maximum absolute atomic E-state index is 5.93. The van der Waals surface area contributed by atoms with Gasteiger partial charge in [-0.15, -0.1) is 0 Å². The highest BCUT2D eigenvalue weighted by Crippen LogP contribution is 2.32. The molecule has 3 aliphatic rings. The van der Waals surface area contributed by atoms with Gasteiger partial charge >= 0.3 is 0 Å². The van der Waals surface area contributed by atoms with Crippen molar-refractivity contribution < 1.29 is 4.74 Å². The number of anilines is 1. The third kappa shape index (κ3) is 2.00. The van der Waals surface area contributed by atoms with E-state index in [4.69, 9.17) is 27.7 Å². The Morgan fingerprint density at radius 2 is 2.05 bits per heavy atom. The fraction of sp³-hybridized carbons (Fsp3) is 0.600. The van der Waals surface area contributed by atoms with Gasteiger partial charge in [-0.05, 0) is 43.7 Å². The summed E-state index contributed by atoms with van der Waals surface area (Å²) >= 11 is 5.24. The number of pyridine rings is 1. The number of morpholine rings is 1. The van der Waals surface area contributed by atoms with E-state index >= 15 is 0 Å². The van der Waals surface area contributed by atoms with Gasteiger partial charge in [0.05, 0.1) is 17.8 Å². The summed E-state index contributed by atoms with van der Waals surface area (Å²) in [5.74, 6) is 0.985. The topological polar surface area (TPSA) is 51.4 Å². The van der Waals surface area contributed by atoms with Crippen LogP contribution < -0.4 is 10.6 Å². The molecule has 0 spiro atoms. The molecular weight excluding hydrogens is 270 g/mol. The third-order valence-corrected chi connectivity index (χ3v) is 4.86. The number of hydrogen-bond acceptors (Lipinski definition) is 4. The molecule has 106 valence electrons. The van der Waals surface area contributed by atoms with Crippen molar-refractivity contribution in [3.63, 3.8) is 0 Å². The van der Waals surface area contributed by atoms with Gasteiger partial charge < -0.3 is 15.4 Å². The van der Waals surface area contributed by atoms with Crippen molar-refractivity contribution in [3.05, 3.63) is 22.9 Å². The molecular formula is C15H19N3OS. The third-order valence-electron chi connectivity index (χ3n) is 4.64. The van der Waals surface area contributed by atoms with Crippen LogP contribution in [0.5, 0.6) is 0 Å². The first-order valence-electron chi connectivity index (χ1n) is 7.43. The van der Waals surface area contributed by atoms with Crippen LogP contribution >= 0.6 is 12.2 Å². The minimum Gasteiger partial charge on any atom is -0.389 e. The molecule has 2 aliphatic heterocycles. The highest BCUT2D eigenvalue weighted by molar-refractivity contribution is 7.80. The van der Waals surface area contributed by atoms with Crippen LogP contribution in [-0.2, 0) is 17.6 Å². The summed E-state index contributed by atoms with van der Waals surface area (Å²) in [6, 6.07) is 2.17. The fourth-order valence-corrected chi connectivity index (χ4v) is 3.82. The van der Waals surface area contributed by atoms with Crippen LogP contribution in [0.3, 0.4) is 0 Å². The maximum atomic E-state index is 5.93. The van der Waals surface area contributed by atoms with Crippen LogP contribution in [0.15, 0.2) is 6.07 Å². The number of ether oxygens (including phenoxy) is 1. The number of thiocarbonyl (C=S) groups is 1. The van der Waals surface area contributed by atoms with Crippen molar-refractivity contribution in [2.24, 2.45) is 5.73 Å². The lowest BCUT2D eigenvalue weighted by Gasteiger charge is -2.34. The van der Waals surface area contributed by atoms with E-state index in [0.717, 1.165) is 50.2 Å². The number of aromatic nitrogens is 1. The molecule has 0 saturated carbocycles. The van der Waals surface area contributed by atoms with E-state index in [9.17, 15) is 0 Å². The van der Waals surface area contributed by atoms with Gasteiger partial charge in [-0.25, -0.2) is 4.98 Å². The summed E-state index contributed by atoms with van der Waals surface area (Å²) in [5, 5.41) is 0. The first-order valence-corrected chi connectivity index (χ1v) is 7.84. The zero-order valence-corrected chi connectivity index (χ0v) is 12.3. The molecule has 4 nitrogen and oxygen atoms in total. The average Bonchev–Trinajstić information content (AvgIpc) is 3.03. The summed E-state index contributed by atoms with van der Waals surface area (Å²) in [6.07, 6.45) is 6.40. The minimum absolute atomic E-state index is 0.350. The van der Waals surface area contributed by atoms with E-state index in [-0.39, 0.29) is 0 Å². The van der Waals surface area contributed by atoms with Gasteiger partial charge in [0.1, 0.15) is 10.8 Å². The maximum Gasteiger partial charge on any atom is 0.139 e. The average molecular weight is 289 g/mol. The Labute approximate surface area is 124 Å². The molecule has 5 heteroatoms. The van der Waals surface area contributed by atoms with Crippen molar-refractivity contribution >= 4 is 23.0 Å². The standard InChI is InChI=1S/C15H19N3OS/c16-14(20)12-6-9-2-1-3-13(9)17-15(12)18-7-10-4-5-11(8-18)19-10/h6,10-11H,1-5,7-8H2,(H2,16,20). The predicted molar refractivity (Wildman–Crippen MR) is 82.3 cm³/mol. The van der Waals surface area contributed by atoms with E-state index in [0.29, 0.717) is 17.2 Å². The summed E-state index contributed by atoms with van der Waals surface area (Å²) in [5.41, 5.74) is 9.44. The molecule has 2 fully saturated rings. The summed E-state index contributed by atoms with van der Waals surface area (Å²) < 4.78 is 5.91. The van der Waals surface area contributed by atoms with Crippen LogP contribution in [0.2, 0.25) is 0 Å². The Bertz CT molecular complexity index is 562. The second-order valence-corrected chi connectivity index (χ2v) is 6.49. The Kier molecular flexibility index (Phi) is 2.93. The lowest BCUT2D eigenvalue weighted by atomic mass is 10.1. The monoisotopic (exact) mass is 289 g/mol. The number of rotatable bonds is 2. The summed E-state index contributed by atoms with van der Waals surface area (Å²) in [7, 11) is 0. The normalized spacial score (nSPS) is 27.7. The molecule has 2 N–H and O–H groups in total. The van der Waals surface area contributed by atoms with Gasteiger partial charge in [-0.3, -0.25) is 0 Å². The summed E-state index contributed by atoms with van der Waals surface area (Å²) in [6.45, 7) is 1.83. The molecule has 3 heterocycles. The molecule has 2 bridgehead atoms. The van der Waals surface area contributed by atoms with Gasteiger partial charge in [-0.1, -0.05) is 12.2 Å². The van der Waals surface area contributed by atoms with E-state index in [1.807, 2.05) is 0 Å². The fourth-order valence-electron chi connectivity index (χ4n) is 3.67. The lowest BCUT2D eigenvalue weighted by molar-refractivity contribution is 0.0302. The van der Waals surface area contributed by atoms with E-state index in [1.165, 1.54) is 17.7 Å². The molecule has 1 aromatic rings. The Balaban J connectivity index is 1.74. The number of nitrogens with two attached hydrogens (primary N) is 1. The molecule has 0 amide bonds. The minimum atomic E-state index is 0.350. The van der Waals surface area contributed by atoms with Crippen LogP contribution in [-0.4, -0.2) is 35.3 Å². The molecule has 0 radical (unpaired) electrons. The van der Waals surface area contributed by atoms with Crippen LogP contribution in [0.25, 0.3) is 0 Å². The Morgan fingerprint density at radius 3 is 2.75 bits per heavy atom. The molecule has 0 aromatic carbocycles.